The molecule has 1 aliphatic carbocycles. The summed E-state index contributed by atoms with van der Waals surface area (Å²) < 4.78 is 5.93. The molecule has 2 atom stereocenters. The highest BCUT2D eigenvalue weighted by Crippen LogP contribution is 2.31. The highest BCUT2D eigenvalue weighted by Gasteiger charge is 2.26. The Balaban J connectivity index is 1.67. The largest absolute Gasteiger partial charge is 0.461 e. The van der Waals surface area contributed by atoms with Crippen molar-refractivity contribution in [2.24, 2.45) is 11.8 Å². The van der Waals surface area contributed by atoms with E-state index in [-0.39, 0.29) is 0 Å². The number of benzene rings is 1. The lowest BCUT2D eigenvalue weighted by Gasteiger charge is -2.17. The highest BCUT2D eigenvalue weighted by molar-refractivity contribution is 5.82. The van der Waals surface area contributed by atoms with Crippen LogP contribution in [-0.2, 0) is 13.0 Å². The Kier molecular flexibility index (Phi) is 4.61. The van der Waals surface area contributed by atoms with Crippen LogP contribution < -0.4 is 5.32 Å². The molecule has 1 aromatic carbocycles. The van der Waals surface area contributed by atoms with Crippen LogP contribution in [0.3, 0.4) is 0 Å². The van der Waals surface area contributed by atoms with E-state index in [2.05, 4.69) is 24.4 Å². The lowest BCUT2D eigenvalue weighted by molar-refractivity contribution is 0.192. The first-order chi connectivity index (χ1) is 10.3. The molecule has 2 unspecified atom stereocenters. The Hall–Kier alpha value is -1.32. The number of para-hydroxylation sites is 1. The van der Waals surface area contributed by atoms with Gasteiger partial charge in [-0.15, -0.1) is 0 Å². The normalized spacial score (nSPS) is 22.2. The summed E-state index contributed by atoms with van der Waals surface area (Å²) in [6, 6.07) is 8.27. The first-order valence-corrected chi connectivity index (χ1v) is 8.14. The zero-order valence-corrected chi connectivity index (χ0v) is 12.8. The third kappa shape index (κ3) is 2.99. The van der Waals surface area contributed by atoms with E-state index in [1.807, 2.05) is 12.1 Å². The van der Waals surface area contributed by atoms with Crippen molar-refractivity contribution in [1.82, 2.24) is 5.32 Å². The number of rotatable bonds is 6. The van der Waals surface area contributed by atoms with Gasteiger partial charge < -0.3 is 14.8 Å². The van der Waals surface area contributed by atoms with Gasteiger partial charge in [0.25, 0.3) is 0 Å². The molecule has 0 aliphatic heterocycles. The molecular weight excluding hydrogens is 262 g/mol. The molecule has 0 spiro atoms. The predicted octanol–water partition coefficient (Wildman–Crippen LogP) is 3.49. The van der Waals surface area contributed by atoms with E-state index in [1.54, 1.807) is 0 Å². The number of aryl methyl sites for hydroxylation is 1. The topological polar surface area (TPSA) is 45.4 Å². The maximum Gasteiger partial charge on any atom is 0.134 e. The van der Waals surface area contributed by atoms with Crippen LogP contribution >= 0.6 is 0 Å². The fraction of sp³-hybridized carbons (Fsp3) is 0.556. The van der Waals surface area contributed by atoms with Crippen molar-refractivity contribution in [3.63, 3.8) is 0 Å². The van der Waals surface area contributed by atoms with Gasteiger partial charge in [-0.05, 0) is 37.3 Å². The highest BCUT2D eigenvalue weighted by atomic mass is 16.3. The molecule has 1 aliphatic rings. The number of aliphatic hydroxyl groups excluding tert-OH is 1. The third-order valence-electron chi connectivity index (χ3n) is 4.86. The second-order valence-corrected chi connectivity index (χ2v) is 6.12. The molecule has 0 radical (unpaired) electrons. The number of furan rings is 1. The van der Waals surface area contributed by atoms with Crippen molar-refractivity contribution < 1.29 is 9.52 Å². The summed E-state index contributed by atoms with van der Waals surface area (Å²) in [5.74, 6) is 2.20. The van der Waals surface area contributed by atoms with Gasteiger partial charge >= 0.3 is 0 Å². The molecule has 0 bridgehead atoms. The molecule has 2 aromatic rings. The van der Waals surface area contributed by atoms with Crippen molar-refractivity contribution in [1.29, 1.82) is 0 Å². The smallest absolute Gasteiger partial charge is 0.134 e. The van der Waals surface area contributed by atoms with Crippen LogP contribution in [0, 0.1) is 11.8 Å². The summed E-state index contributed by atoms with van der Waals surface area (Å²) in [5.41, 5.74) is 2.28. The molecular formula is C18H25NO2. The Bertz CT molecular complexity index is 590. The SMILES string of the molecule is CCc1oc2ccccc2c1CNCC1CCCC1CO. The Morgan fingerprint density at radius 1 is 1.24 bits per heavy atom. The molecule has 3 nitrogen and oxygen atoms in total. The fourth-order valence-electron chi connectivity index (χ4n) is 3.63. The second kappa shape index (κ2) is 6.63. The van der Waals surface area contributed by atoms with Crippen LogP contribution in [0.2, 0.25) is 0 Å². The Morgan fingerprint density at radius 2 is 2.05 bits per heavy atom. The Morgan fingerprint density at radius 3 is 2.86 bits per heavy atom. The molecule has 2 N–H and O–H groups in total. The molecule has 3 heteroatoms. The summed E-state index contributed by atoms with van der Waals surface area (Å²) in [6.07, 6.45) is 4.60. The lowest BCUT2D eigenvalue weighted by Crippen LogP contribution is -2.26. The fourth-order valence-corrected chi connectivity index (χ4v) is 3.63. The summed E-state index contributed by atoms with van der Waals surface area (Å²) in [6.45, 7) is 4.32. The molecule has 1 aromatic heterocycles. The predicted molar refractivity (Wildman–Crippen MR) is 85.2 cm³/mol. The standard InChI is InChI=1S/C18H25NO2/c1-2-17-16(15-8-3-4-9-18(15)21-17)11-19-10-13-6-5-7-14(13)12-20/h3-4,8-9,13-14,19-20H,2,5-7,10-12H2,1H3. The minimum Gasteiger partial charge on any atom is -0.461 e. The van der Waals surface area contributed by atoms with Gasteiger partial charge in [-0.25, -0.2) is 0 Å². The van der Waals surface area contributed by atoms with Gasteiger partial charge in [0.1, 0.15) is 11.3 Å². The van der Waals surface area contributed by atoms with Crippen LogP contribution in [0.25, 0.3) is 11.0 Å². The average molecular weight is 287 g/mol. The van der Waals surface area contributed by atoms with Gasteiger partial charge in [0.15, 0.2) is 0 Å². The second-order valence-electron chi connectivity index (χ2n) is 6.12. The van der Waals surface area contributed by atoms with Crippen LogP contribution in [0.15, 0.2) is 28.7 Å². The lowest BCUT2D eigenvalue weighted by atomic mass is 9.97. The zero-order chi connectivity index (χ0) is 14.7. The monoisotopic (exact) mass is 287 g/mol. The number of aliphatic hydroxyl groups is 1. The van der Waals surface area contributed by atoms with E-state index >= 15 is 0 Å². The van der Waals surface area contributed by atoms with Crippen molar-refractivity contribution >= 4 is 11.0 Å². The van der Waals surface area contributed by atoms with Crippen molar-refractivity contribution in [3.8, 4) is 0 Å². The minimum absolute atomic E-state index is 0.335. The molecule has 0 amide bonds. The number of fused-ring (bicyclic) bond motifs is 1. The van der Waals surface area contributed by atoms with E-state index in [1.165, 1.54) is 30.2 Å². The van der Waals surface area contributed by atoms with E-state index < -0.39 is 0 Å². The molecule has 1 fully saturated rings. The number of hydrogen-bond donors (Lipinski definition) is 2. The van der Waals surface area contributed by atoms with Gasteiger partial charge in [-0.1, -0.05) is 31.5 Å². The summed E-state index contributed by atoms with van der Waals surface area (Å²) in [7, 11) is 0. The maximum atomic E-state index is 9.40. The van der Waals surface area contributed by atoms with E-state index in [4.69, 9.17) is 4.42 Å². The van der Waals surface area contributed by atoms with Gasteiger partial charge in [0.05, 0.1) is 0 Å². The number of nitrogens with one attached hydrogen (secondary N) is 1. The van der Waals surface area contributed by atoms with Crippen LogP contribution in [0.4, 0.5) is 0 Å². The van der Waals surface area contributed by atoms with Crippen molar-refractivity contribution in [2.45, 2.75) is 39.2 Å². The summed E-state index contributed by atoms with van der Waals surface area (Å²) >= 11 is 0. The van der Waals surface area contributed by atoms with E-state index in [0.717, 1.165) is 30.9 Å². The number of hydrogen-bond acceptors (Lipinski definition) is 3. The first kappa shape index (κ1) is 14.6. The van der Waals surface area contributed by atoms with Gasteiger partial charge in [0, 0.05) is 30.5 Å². The van der Waals surface area contributed by atoms with Crippen molar-refractivity contribution in [2.75, 3.05) is 13.2 Å². The molecule has 1 saturated carbocycles. The molecule has 1 heterocycles. The van der Waals surface area contributed by atoms with Crippen LogP contribution in [0.1, 0.15) is 37.5 Å². The van der Waals surface area contributed by atoms with Gasteiger partial charge in [-0.2, -0.15) is 0 Å². The quantitative estimate of drug-likeness (QED) is 0.855. The van der Waals surface area contributed by atoms with E-state index in [0.29, 0.717) is 18.4 Å². The molecule has 114 valence electrons. The van der Waals surface area contributed by atoms with Gasteiger partial charge in [-0.3, -0.25) is 0 Å². The average Bonchev–Trinajstić information content (AvgIpc) is 3.11. The maximum absolute atomic E-state index is 9.40. The summed E-state index contributed by atoms with van der Waals surface area (Å²) in [4.78, 5) is 0. The van der Waals surface area contributed by atoms with Crippen LogP contribution in [-0.4, -0.2) is 18.3 Å². The molecule has 0 saturated heterocycles. The zero-order valence-electron chi connectivity index (χ0n) is 12.8. The van der Waals surface area contributed by atoms with Gasteiger partial charge in [0.2, 0.25) is 0 Å². The van der Waals surface area contributed by atoms with E-state index in [9.17, 15) is 5.11 Å². The van der Waals surface area contributed by atoms with Crippen molar-refractivity contribution in [3.05, 3.63) is 35.6 Å². The third-order valence-corrected chi connectivity index (χ3v) is 4.86. The molecule has 3 rings (SSSR count). The molecule has 21 heavy (non-hydrogen) atoms. The first-order valence-electron chi connectivity index (χ1n) is 8.14. The van der Waals surface area contributed by atoms with Crippen LogP contribution in [0.5, 0.6) is 0 Å². The minimum atomic E-state index is 0.335. The Labute approximate surface area is 126 Å². The summed E-state index contributed by atoms with van der Waals surface area (Å²) in [5, 5.41) is 14.2.